The first-order valence-electron chi connectivity index (χ1n) is 9.30. The summed E-state index contributed by atoms with van der Waals surface area (Å²) in [6.07, 6.45) is 2.37. The van der Waals surface area contributed by atoms with Crippen LogP contribution in [0.5, 0.6) is 5.75 Å². The summed E-state index contributed by atoms with van der Waals surface area (Å²) in [5.74, 6) is -0.00964. The molecule has 0 aliphatic heterocycles. The van der Waals surface area contributed by atoms with Crippen molar-refractivity contribution < 1.29 is 19.1 Å². The molecule has 1 aromatic carbocycles. The molecular weight excluding hydrogens is 358 g/mol. The molecule has 7 nitrogen and oxygen atoms in total. The van der Waals surface area contributed by atoms with Crippen LogP contribution < -0.4 is 10.1 Å². The number of unbranched alkanes of at least 4 members (excludes halogenated alkanes) is 1. The van der Waals surface area contributed by atoms with Crippen LogP contribution >= 0.6 is 0 Å². The van der Waals surface area contributed by atoms with Crippen molar-refractivity contribution in [3.63, 3.8) is 0 Å². The molecular formula is C21H29N3O4. The van der Waals surface area contributed by atoms with Gasteiger partial charge >= 0.3 is 0 Å². The van der Waals surface area contributed by atoms with Gasteiger partial charge in [-0.1, -0.05) is 24.6 Å². The molecule has 152 valence electrons. The van der Waals surface area contributed by atoms with Crippen LogP contribution in [0.3, 0.4) is 0 Å². The van der Waals surface area contributed by atoms with E-state index in [1.165, 1.54) is 7.11 Å². The zero-order valence-corrected chi connectivity index (χ0v) is 16.8. The molecule has 0 heterocycles. The Morgan fingerprint density at radius 3 is 2.54 bits per heavy atom. The molecule has 0 saturated carbocycles. The first-order valence-corrected chi connectivity index (χ1v) is 9.30. The normalized spacial score (nSPS) is 11.9. The third-order valence-electron chi connectivity index (χ3n) is 4.39. The lowest BCUT2D eigenvalue weighted by Gasteiger charge is -2.25. The molecule has 0 aliphatic carbocycles. The van der Waals surface area contributed by atoms with Gasteiger partial charge in [-0.25, -0.2) is 0 Å². The predicted molar refractivity (Wildman–Crippen MR) is 106 cm³/mol. The van der Waals surface area contributed by atoms with Crippen molar-refractivity contribution in [2.24, 2.45) is 0 Å². The van der Waals surface area contributed by atoms with E-state index in [1.807, 2.05) is 24.3 Å². The lowest BCUT2D eigenvalue weighted by molar-refractivity contribution is -0.142. The zero-order valence-electron chi connectivity index (χ0n) is 16.8. The number of nitriles is 1. The van der Waals surface area contributed by atoms with E-state index in [2.05, 4.69) is 5.32 Å². The summed E-state index contributed by atoms with van der Waals surface area (Å²) in [4.78, 5) is 25.0. The average molecular weight is 387 g/mol. The van der Waals surface area contributed by atoms with E-state index in [0.717, 1.165) is 0 Å². The van der Waals surface area contributed by atoms with Crippen molar-refractivity contribution in [1.29, 1.82) is 10.7 Å². The van der Waals surface area contributed by atoms with Gasteiger partial charge in [0.25, 0.3) is 5.91 Å². The lowest BCUT2D eigenvalue weighted by Crippen LogP contribution is -2.51. The Morgan fingerprint density at radius 1 is 1.25 bits per heavy atom. The quantitative estimate of drug-likeness (QED) is 0.399. The summed E-state index contributed by atoms with van der Waals surface area (Å²) in [5, 5.41) is 19.0. The number of hydrogen-bond donors (Lipinski definition) is 2. The Hall–Kier alpha value is -2.72. The van der Waals surface area contributed by atoms with Crippen molar-refractivity contribution in [2.75, 3.05) is 13.7 Å². The fourth-order valence-corrected chi connectivity index (χ4v) is 2.38. The Bertz CT molecular complexity index is 695. The van der Waals surface area contributed by atoms with Crippen molar-refractivity contribution in [3.8, 4) is 11.8 Å². The number of benzene rings is 1. The third-order valence-corrected chi connectivity index (χ3v) is 4.39. The lowest BCUT2D eigenvalue weighted by atomic mass is 10.0. The first kappa shape index (κ1) is 23.3. The Labute approximate surface area is 166 Å². The van der Waals surface area contributed by atoms with Gasteiger partial charge in [0, 0.05) is 12.8 Å². The van der Waals surface area contributed by atoms with Gasteiger partial charge in [-0.3, -0.25) is 9.59 Å². The maximum absolute atomic E-state index is 12.6. The number of nitrogens with zero attached hydrogens (tertiary/aromatic N) is 1. The number of methoxy groups -OCH3 is 1. The molecule has 1 rings (SSSR count). The Morgan fingerprint density at radius 2 is 1.93 bits per heavy atom. The van der Waals surface area contributed by atoms with Crippen LogP contribution in [0.2, 0.25) is 0 Å². The second kappa shape index (κ2) is 11.9. The highest BCUT2D eigenvalue weighted by Gasteiger charge is 2.31. The summed E-state index contributed by atoms with van der Waals surface area (Å²) >= 11 is 0. The molecule has 28 heavy (non-hydrogen) atoms. The highest BCUT2D eigenvalue weighted by Crippen LogP contribution is 2.13. The van der Waals surface area contributed by atoms with E-state index < -0.39 is 11.6 Å². The largest absolute Gasteiger partial charge is 0.486 e. The van der Waals surface area contributed by atoms with Crippen LogP contribution in [0, 0.1) is 16.7 Å². The molecule has 1 aromatic rings. The van der Waals surface area contributed by atoms with Crippen LogP contribution in [0.1, 0.15) is 46.0 Å². The Kier molecular flexibility index (Phi) is 9.89. The molecule has 0 radical (unpaired) electrons. The van der Waals surface area contributed by atoms with Gasteiger partial charge in [0.05, 0.1) is 18.5 Å². The van der Waals surface area contributed by atoms with E-state index in [1.54, 1.807) is 26.0 Å². The summed E-state index contributed by atoms with van der Waals surface area (Å²) in [5.41, 5.74) is -0.671. The van der Waals surface area contributed by atoms with E-state index in [-0.39, 0.29) is 24.7 Å². The van der Waals surface area contributed by atoms with Crippen molar-refractivity contribution >= 4 is 17.4 Å². The van der Waals surface area contributed by atoms with E-state index >= 15 is 0 Å². The van der Waals surface area contributed by atoms with Gasteiger partial charge in [-0.15, -0.1) is 0 Å². The molecule has 0 bridgehead atoms. The maximum atomic E-state index is 12.6. The summed E-state index contributed by atoms with van der Waals surface area (Å²) in [6, 6.07) is 10.3. The minimum Gasteiger partial charge on any atom is -0.486 e. The highest BCUT2D eigenvalue weighted by atomic mass is 16.5. The number of carbonyl (C=O) groups excluding carboxylic acids is 2. The number of nitrogens with one attached hydrogen (secondary N) is 2. The topological polar surface area (TPSA) is 112 Å². The summed E-state index contributed by atoms with van der Waals surface area (Å²) < 4.78 is 10.7. The molecule has 0 unspecified atom stereocenters. The van der Waals surface area contributed by atoms with E-state index in [9.17, 15) is 9.59 Å². The van der Waals surface area contributed by atoms with E-state index in [4.69, 9.17) is 20.1 Å². The third kappa shape index (κ3) is 8.31. The molecule has 0 spiro atoms. The smallest absolute Gasteiger partial charge is 0.252 e. The molecule has 0 fully saturated rings. The molecule has 0 saturated heterocycles. The zero-order chi connectivity index (χ0) is 21.0. The van der Waals surface area contributed by atoms with Gasteiger partial charge in [0.1, 0.15) is 18.0 Å². The summed E-state index contributed by atoms with van der Waals surface area (Å²) in [6.45, 7) is 3.12. The van der Waals surface area contributed by atoms with E-state index in [0.29, 0.717) is 37.1 Å². The van der Waals surface area contributed by atoms with Gasteiger partial charge in [0.2, 0.25) is 0 Å². The Balaban J connectivity index is 2.65. The fraction of sp³-hybridized carbons (Fsp3) is 0.524. The van der Waals surface area contributed by atoms with Crippen molar-refractivity contribution in [1.82, 2.24) is 5.32 Å². The molecule has 2 N–H and O–H groups in total. The minimum absolute atomic E-state index is 0.117. The molecule has 0 aliphatic rings. The molecule has 1 atom stereocenters. The number of ketones is 1. The average Bonchev–Trinajstić information content (AvgIpc) is 2.69. The van der Waals surface area contributed by atoms with Crippen LogP contribution in [0.25, 0.3) is 0 Å². The van der Waals surface area contributed by atoms with Crippen LogP contribution in [-0.2, 0) is 14.3 Å². The van der Waals surface area contributed by atoms with Gasteiger partial charge in [-0.05, 0) is 45.2 Å². The molecule has 0 aromatic heterocycles. The highest BCUT2D eigenvalue weighted by molar-refractivity contribution is 5.92. The number of Topliss-reactive ketones (excluding diaryl/α,β-unsaturated/α-hetero) is 1. The number of hydrogen-bond acceptors (Lipinski definition) is 6. The van der Waals surface area contributed by atoms with Crippen molar-refractivity contribution in [2.45, 2.75) is 57.6 Å². The van der Waals surface area contributed by atoms with Crippen molar-refractivity contribution in [3.05, 3.63) is 30.3 Å². The maximum Gasteiger partial charge on any atom is 0.252 e. The second-order valence-electron chi connectivity index (χ2n) is 6.99. The van der Waals surface area contributed by atoms with Crippen LogP contribution in [0.15, 0.2) is 30.3 Å². The number of rotatable bonds is 13. The SMILES string of the molecule is COC(C)(C)C(=O)N[C@@H](CCCCC(=N)CC#N)C(=O)COc1ccccc1. The predicted octanol–water partition coefficient (Wildman–Crippen LogP) is 3.04. The first-order chi connectivity index (χ1) is 13.3. The number of amides is 1. The minimum atomic E-state index is -1.05. The standard InChI is InChI=1S/C21H29N3O4/c1-21(2,27-3)20(26)24-18(12-8-7-9-16(23)13-14-22)19(25)15-28-17-10-5-4-6-11-17/h4-6,10-11,18,23H,7-9,12-13,15H2,1-3H3,(H,24,26)/t18-/m0/s1. The van der Waals surface area contributed by atoms with Crippen LogP contribution in [-0.4, -0.2) is 42.8 Å². The second-order valence-corrected chi connectivity index (χ2v) is 6.99. The molecule has 1 amide bonds. The van der Waals surface area contributed by atoms with Crippen LogP contribution in [0.4, 0.5) is 0 Å². The van der Waals surface area contributed by atoms with Gasteiger partial charge in [-0.2, -0.15) is 5.26 Å². The number of para-hydroxylation sites is 1. The molecule has 7 heteroatoms. The fourth-order valence-electron chi connectivity index (χ4n) is 2.38. The summed E-state index contributed by atoms with van der Waals surface area (Å²) in [7, 11) is 1.44. The number of ether oxygens (including phenoxy) is 2. The number of carbonyl (C=O) groups is 2. The van der Waals surface area contributed by atoms with Gasteiger partial charge < -0.3 is 20.2 Å². The van der Waals surface area contributed by atoms with Gasteiger partial charge in [0.15, 0.2) is 5.78 Å². The monoisotopic (exact) mass is 387 g/mol.